The molecule has 0 heterocycles. The van der Waals surface area contributed by atoms with Gasteiger partial charge in [-0.2, -0.15) is 0 Å². The standard InChI is InChI=1S/C37H54N2O4/c1-3-5-7-9-11-12-13-15-16-26-42-35-20-18-32(19-21-35)34(31-40)30-39-25-24-38-29-33-28-36(22-23-37(33)41)43-27-17-14-10-8-6-4-2/h3,18-23,28-31,39,41H,1,4-17,24-27H2,2H3. The number of aromatic hydroxyl groups is 1. The third-order valence-corrected chi connectivity index (χ3v) is 7.27. The number of benzene rings is 2. The van der Waals surface area contributed by atoms with Gasteiger partial charge < -0.3 is 19.9 Å². The summed E-state index contributed by atoms with van der Waals surface area (Å²) in [6.45, 7) is 8.43. The lowest BCUT2D eigenvalue weighted by Gasteiger charge is -2.08. The number of carbonyl (C=O) groups is 1. The average Bonchev–Trinajstić information content (AvgIpc) is 3.03. The van der Waals surface area contributed by atoms with E-state index >= 15 is 0 Å². The minimum absolute atomic E-state index is 0.171. The second-order valence-corrected chi connectivity index (χ2v) is 11.0. The van der Waals surface area contributed by atoms with Crippen LogP contribution in [0.15, 0.2) is 66.3 Å². The zero-order chi connectivity index (χ0) is 30.8. The lowest BCUT2D eigenvalue weighted by molar-refractivity contribution is -0.103. The van der Waals surface area contributed by atoms with Crippen molar-refractivity contribution in [2.45, 2.75) is 96.8 Å². The first-order chi connectivity index (χ1) is 21.2. The van der Waals surface area contributed by atoms with Crippen LogP contribution < -0.4 is 14.8 Å². The molecule has 2 rings (SSSR count). The van der Waals surface area contributed by atoms with Gasteiger partial charge in [0.05, 0.1) is 19.8 Å². The zero-order valence-corrected chi connectivity index (χ0v) is 26.4. The molecule has 0 saturated heterocycles. The van der Waals surface area contributed by atoms with Crippen LogP contribution in [0.3, 0.4) is 0 Å². The number of aldehydes is 1. The van der Waals surface area contributed by atoms with E-state index in [9.17, 15) is 9.90 Å². The van der Waals surface area contributed by atoms with Crippen molar-refractivity contribution >= 4 is 18.1 Å². The highest BCUT2D eigenvalue weighted by atomic mass is 16.5. The van der Waals surface area contributed by atoms with Crippen molar-refractivity contribution in [3.05, 3.63) is 72.4 Å². The largest absolute Gasteiger partial charge is 0.507 e. The maximum absolute atomic E-state index is 11.7. The van der Waals surface area contributed by atoms with Gasteiger partial charge in [0, 0.05) is 30.1 Å². The summed E-state index contributed by atoms with van der Waals surface area (Å²) in [5.41, 5.74) is 2.02. The van der Waals surface area contributed by atoms with Crippen LogP contribution in [0.4, 0.5) is 0 Å². The number of unbranched alkanes of at least 4 members (excludes halogenated alkanes) is 12. The molecule has 0 unspecified atom stereocenters. The molecule has 0 saturated carbocycles. The summed E-state index contributed by atoms with van der Waals surface area (Å²) >= 11 is 0. The van der Waals surface area contributed by atoms with Crippen LogP contribution in [-0.4, -0.2) is 43.9 Å². The van der Waals surface area contributed by atoms with Crippen LogP contribution in [0.1, 0.15) is 108 Å². The summed E-state index contributed by atoms with van der Waals surface area (Å²) in [5.74, 6) is 1.73. The smallest absolute Gasteiger partial charge is 0.152 e. The summed E-state index contributed by atoms with van der Waals surface area (Å²) in [7, 11) is 0. The molecule has 43 heavy (non-hydrogen) atoms. The number of hydrogen-bond acceptors (Lipinski definition) is 6. The van der Waals surface area contributed by atoms with Crippen LogP contribution in [0.25, 0.3) is 5.57 Å². The second kappa shape index (κ2) is 24.0. The topological polar surface area (TPSA) is 80.2 Å². The molecule has 6 heteroatoms. The number of aliphatic imine (C=N–C) groups is 1. The van der Waals surface area contributed by atoms with Gasteiger partial charge >= 0.3 is 0 Å². The summed E-state index contributed by atoms with van der Waals surface area (Å²) < 4.78 is 11.7. The monoisotopic (exact) mass is 590 g/mol. The molecule has 0 aromatic heterocycles. The Kier molecular flexibility index (Phi) is 19.9. The number of nitrogens with one attached hydrogen (secondary N) is 1. The molecular weight excluding hydrogens is 536 g/mol. The Balaban J connectivity index is 1.66. The Morgan fingerprint density at radius 1 is 0.837 bits per heavy atom. The van der Waals surface area contributed by atoms with Crippen molar-refractivity contribution < 1.29 is 19.4 Å². The minimum atomic E-state index is 0.171. The molecular formula is C37H54N2O4. The van der Waals surface area contributed by atoms with Gasteiger partial charge in [-0.1, -0.05) is 89.3 Å². The molecule has 0 amide bonds. The molecule has 2 aromatic rings. The molecule has 0 atom stereocenters. The average molecular weight is 591 g/mol. The zero-order valence-electron chi connectivity index (χ0n) is 26.4. The summed E-state index contributed by atoms with van der Waals surface area (Å²) in [5, 5.41) is 13.3. The van der Waals surface area contributed by atoms with Gasteiger partial charge in [0.1, 0.15) is 17.2 Å². The molecule has 0 aliphatic rings. The van der Waals surface area contributed by atoms with E-state index in [0.29, 0.717) is 37.4 Å². The first-order valence-corrected chi connectivity index (χ1v) is 16.4. The number of phenols is 1. The SMILES string of the molecule is C=CCCCCCCCCCOc1ccc(C(C=O)=CNCCN=Cc2cc(OCCCCCCCC)ccc2O)cc1. The van der Waals surface area contributed by atoms with Crippen molar-refractivity contribution in [3.8, 4) is 17.2 Å². The van der Waals surface area contributed by atoms with Gasteiger partial charge in [0.2, 0.25) is 0 Å². The summed E-state index contributed by atoms with van der Waals surface area (Å²) in [6.07, 6.45) is 23.3. The molecule has 0 radical (unpaired) electrons. The third kappa shape index (κ3) is 16.6. The van der Waals surface area contributed by atoms with E-state index in [1.165, 1.54) is 70.6 Å². The number of rotatable bonds is 26. The van der Waals surface area contributed by atoms with E-state index in [0.717, 1.165) is 42.6 Å². The van der Waals surface area contributed by atoms with Crippen LogP contribution in [-0.2, 0) is 4.79 Å². The van der Waals surface area contributed by atoms with Crippen LogP contribution >= 0.6 is 0 Å². The second-order valence-electron chi connectivity index (χ2n) is 11.0. The lowest BCUT2D eigenvalue weighted by Crippen LogP contribution is -2.11. The quantitative estimate of drug-likeness (QED) is 0.0376. The number of nitrogens with zero attached hydrogens (tertiary/aromatic N) is 1. The Bertz CT molecular complexity index is 1080. The van der Waals surface area contributed by atoms with Gasteiger partial charge in [-0.05, 0) is 61.6 Å². The predicted molar refractivity (Wildman–Crippen MR) is 181 cm³/mol. The van der Waals surface area contributed by atoms with Crippen LogP contribution in [0.5, 0.6) is 17.2 Å². The van der Waals surface area contributed by atoms with Crippen molar-refractivity contribution in [2.75, 3.05) is 26.3 Å². The lowest BCUT2D eigenvalue weighted by atomic mass is 10.1. The highest BCUT2D eigenvalue weighted by molar-refractivity contribution is 6.06. The molecule has 0 bridgehead atoms. The molecule has 0 fully saturated rings. The highest BCUT2D eigenvalue weighted by Crippen LogP contribution is 2.22. The van der Waals surface area contributed by atoms with Gasteiger partial charge in [-0.25, -0.2) is 0 Å². The van der Waals surface area contributed by atoms with Gasteiger partial charge in [-0.3, -0.25) is 9.79 Å². The van der Waals surface area contributed by atoms with Gasteiger partial charge in [0.25, 0.3) is 0 Å². The fraction of sp³-hybridized carbons (Fsp3) is 0.514. The van der Waals surface area contributed by atoms with Crippen molar-refractivity contribution in [3.63, 3.8) is 0 Å². The van der Waals surface area contributed by atoms with Gasteiger partial charge in [-0.15, -0.1) is 6.58 Å². The Morgan fingerprint density at radius 2 is 1.44 bits per heavy atom. The Morgan fingerprint density at radius 3 is 2.09 bits per heavy atom. The molecule has 0 aliphatic carbocycles. The molecule has 236 valence electrons. The van der Waals surface area contributed by atoms with Crippen molar-refractivity contribution in [2.24, 2.45) is 4.99 Å². The molecule has 0 aliphatic heterocycles. The fourth-order valence-electron chi connectivity index (χ4n) is 4.67. The summed E-state index contributed by atoms with van der Waals surface area (Å²) in [4.78, 5) is 16.1. The number of hydrogen-bond donors (Lipinski definition) is 2. The van der Waals surface area contributed by atoms with Crippen molar-refractivity contribution in [1.82, 2.24) is 5.32 Å². The maximum atomic E-state index is 11.7. The fourth-order valence-corrected chi connectivity index (χ4v) is 4.67. The molecule has 2 N–H and O–H groups in total. The molecule has 2 aromatic carbocycles. The van der Waals surface area contributed by atoms with Crippen LogP contribution in [0, 0.1) is 0 Å². The van der Waals surface area contributed by atoms with Gasteiger partial charge in [0.15, 0.2) is 6.29 Å². The van der Waals surface area contributed by atoms with E-state index in [1.54, 1.807) is 24.5 Å². The number of ether oxygens (including phenoxy) is 2. The van der Waals surface area contributed by atoms with E-state index < -0.39 is 0 Å². The maximum Gasteiger partial charge on any atom is 0.152 e. The molecule has 6 nitrogen and oxygen atoms in total. The third-order valence-electron chi connectivity index (χ3n) is 7.27. The predicted octanol–water partition coefficient (Wildman–Crippen LogP) is 9.07. The van der Waals surface area contributed by atoms with E-state index in [-0.39, 0.29) is 5.75 Å². The normalized spacial score (nSPS) is 11.5. The number of allylic oxidation sites excluding steroid dienone is 2. The minimum Gasteiger partial charge on any atom is -0.507 e. The summed E-state index contributed by atoms with van der Waals surface area (Å²) in [6, 6.07) is 12.9. The number of phenolic OH excluding ortho intramolecular Hbond substituents is 1. The number of carbonyl (C=O) groups excluding carboxylic acids is 1. The van der Waals surface area contributed by atoms with Crippen molar-refractivity contribution in [1.29, 1.82) is 0 Å². The van der Waals surface area contributed by atoms with Crippen LogP contribution in [0.2, 0.25) is 0 Å². The van der Waals surface area contributed by atoms with E-state index in [4.69, 9.17) is 9.47 Å². The highest BCUT2D eigenvalue weighted by Gasteiger charge is 2.03. The molecule has 0 spiro atoms. The Labute approximate surface area is 260 Å². The first-order valence-electron chi connectivity index (χ1n) is 16.4. The Hall–Kier alpha value is -3.54. The first kappa shape index (κ1) is 35.7. The van der Waals surface area contributed by atoms with E-state index in [1.807, 2.05) is 36.4 Å². The van der Waals surface area contributed by atoms with E-state index in [2.05, 4.69) is 23.8 Å².